The minimum atomic E-state index is -0.605. The van der Waals surface area contributed by atoms with Crippen molar-refractivity contribution in [3.63, 3.8) is 0 Å². The molecule has 1 aliphatic carbocycles. The topological polar surface area (TPSA) is 0 Å². The van der Waals surface area contributed by atoms with Crippen LogP contribution >= 0.6 is 0 Å². The van der Waals surface area contributed by atoms with Crippen molar-refractivity contribution in [1.82, 2.24) is 0 Å². The Hall–Kier alpha value is -1.77. The van der Waals surface area contributed by atoms with Gasteiger partial charge in [-0.1, -0.05) is 31.9 Å². The van der Waals surface area contributed by atoms with Crippen LogP contribution in [0.1, 0.15) is 56.9 Å². The van der Waals surface area contributed by atoms with Crippen LogP contribution in [0.4, 0.5) is 13.2 Å². The summed E-state index contributed by atoms with van der Waals surface area (Å²) in [6, 6.07) is 8.30. The molecule has 0 saturated heterocycles. The highest BCUT2D eigenvalue weighted by Gasteiger charge is 2.24. The van der Waals surface area contributed by atoms with Crippen molar-refractivity contribution in [3.05, 3.63) is 59.4 Å². The molecule has 2 aromatic carbocycles. The van der Waals surface area contributed by atoms with Gasteiger partial charge in [0.2, 0.25) is 0 Å². The second-order valence-corrected chi connectivity index (χ2v) is 6.88. The maximum Gasteiger partial charge on any atom is 0.134 e. The lowest BCUT2D eigenvalue weighted by atomic mass is 9.77. The predicted octanol–water partition coefficient (Wildman–Crippen LogP) is 6.84. The van der Waals surface area contributed by atoms with Crippen LogP contribution in [-0.4, -0.2) is 0 Å². The molecular formula is C21H23F3. The molecule has 128 valence electrons. The van der Waals surface area contributed by atoms with Crippen LogP contribution < -0.4 is 0 Å². The highest BCUT2D eigenvalue weighted by Crippen LogP contribution is 2.39. The number of hydrogen-bond acceptors (Lipinski definition) is 0. The third-order valence-corrected chi connectivity index (χ3v) is 5.19. The third kappa shape index (κ3) is 3.66. The molecule has 0 spiro atoms. The Morgan fingerprint density at radius 3 is 2.17 bits per heavy atom. The summed E-state index contributed by atoms with van der Waals surface area (Å²) in [6.07, 6.45) is 6.68. The van der Waals surface area contributed by atoms with E-state index >= 15 is 0 Å². The summed E-state index contributed by atoms with van der Waals surface area (Å²) in [6.45, 7) is 2.20. The zero-order valence-electron chi connectivity index (χ0n) is 14.0. The van der Waals surface area contributed by atoms with Crippen LogP contribution in [0.15, 0.2) is 36.4 Å². The number of benzene rings is 2. The summed E-state index contributed by atoms with van der Waals surface area (Å²) in [4.78, 5) is 0. The Morgan fingerprint density at radius 1 is 0.917 bits per heavy atom. The molecule has 3 rings (SSSR count). The largest absolute Gasteiger partial charge is 0.207 e. The van der Waals surface area contributed by atoms with Gasteiger partial charge < -0.3 is 0 Å². The second-order valence-electron chi connectivity index (χ2n) is 6.88. The Labute approximate surface area is 141 Å². The van der Waals surface area contributed by atoms with Crippen molar-refractivity contribution >= 4 is 0 Å². The minimum absolute atomic E-state index is 0.141. The van der Waals surface area contributed by atoms with Gasteiger partial charge in [0.15, 0.2) is 0 Å². The summed E-state index contributed by atoms with van der Waals surface area (Å²) >= 11 is 0. The zero-order valence-corrected chi connectivity index (χ0v) is 14.0. The molecule has 0 bridgehead atoms. The molecule has 3 heteroatoms. The molecule has 1 saturated carbocycles. The van der Waals surface area contributed by atoms with Gasteiger partial charge in [-0.05, 0) is 72.9 Å². The van der Waals surface area contributed by atoms with Crippen molar-refractivity contribution in [2.24, 2.45) is 5.92 Å². The highest BCUT2D eigenvalue weighted by atomic mass is 19.1. The Morgan fingerprint density at radius 2 is 1.58 bits per heavy atom. The van der Waals surface area contributed by atoms with Crippen LogP contribution in [0.25, 0.3) is 11.1 Å². The van der Waals surface area contributed by atoms with Crippen molar-refractivity contribution in [2.45, 2.75) is 51.4 Å². The van der Waals surface area contributed by atoms with E-state index in [0.29, 0.717) is 0 Å². The molecule has 0 heterocycles. The molecule has 0 aromatic heterocycles. The third-order valence-electron chi connectivity index (χ3n) is 5.19. The normalized spacial score (nSPS) is 21.0. The Kier molecular flexibility index (Phi) is 5.27. The summed E-state index contributed by atoms with van der Waals surface area (Å²) in [5.41, 5.74) is 0.834. The lowest BCUT2D eigenvalue weighted by Gasteiger charge is -2.29. The van der Waals surface area contributed by atoms with Gasteiger partial charge in [-0.25, -0.2) is 13.2 Å². The van der Waals surface area contributed by atoms with E-state index < -0.39 is 17.5 Å². The maximum absolute atomic E-state index is 14.5. The number of halogens is 3. The maximum atomic E-state index is 14.5. The first-order valence-electron chi connectivity index (χ1n) is 8.83. The minimum Gasteiger partial charge on any atom is -0.207 e. The van der Waals surface area contributed by atoms with E-state index in [1.54, 1.807) is 0 Å². The standard InChI is InChI=1S/C21H23F3/c1-2-4-14-7-9-15(10-8-14)17-12-19(23)21(20(24)13-17)16-5-3-6-18(22)11-16/h3,5-6,11-15H,2,4,7-10H2,1H3. The monoisotopic (exact) mass is 332 g/mol. The molecule has 2 aromatic rings. The van der Waals surface area contributed by atoms with Crippen LogP contribution in [0.2, 0.25) is 0 Å². The van der Waals surface area contributed by atoms with Gasteiger partial charge in [-0.2, -0.15) is 0 Å². The first-order valence-corrected chi connectivity index (χ1v) is 8.83. The van der Waals surface area contributed by atoms with E-state index in [9.17, 15) is 13.2 Å². The van der Waals surface area contributed by atoms with E-state index in [1.807, 2.05) is 0 Å². The summed E-state index contributed by atoms with van der Waals surface area (Å²) in [5.74, 6) is -0.724. The molecule has 0 radical (unpaired) electrons. The molecule has 0 amide bonds. The molecule has 24 heavy (non-hydrogen) atoms. The molecule has 0 nitrogen and oxygen atoms in total. The number of rotatable bonds is 4. The quantitative estimate of drug-likeness (QED) is 0.574. The van der Waals surface area contributed by atoms with Gasteiger partial charge in [-0.3, -0.25) is 0 Å². The van der Waals surface area contributed by atoms with E-state index in [0.717, 1.165) is 43.2 Å². The van der Waals surface area contributed by atoms with Crippen molar-refractivity contribution in [1.29, 1.82) is 0 Å². The van der Waals surface area contributed by atoms with Gasteiger partial charge >= 0.3 is 0 Å². The van der Waals surface area contributed by atoms with Crippen LogP contribution in [0.3, 0.4) is 0 Å². The zero-order chi connectivity index (χ0) is 17.1. The summed E-state index contributed by atoms with van der Waals surface area (Å²) in [7, 11) is 0. The van der Waals surface area contributed by atoms with Crippen LogP contribution in [0.5, 0.6) is 0 Å². The Balaban J connectivity index is 1.83. The van der Waals surface area contributed by atoms with Gasteiger partial charge in [0.1, 0.15) is 17.5 Å². The van der Waals surface area contributed by atoms with Crippen LogP contribution in [0, 0.1) is 23.4 Å². The van der Waals surface area contributed by atoms with Gasteiger partial charge in [0, 0.05) is 0 Å². The van der Waals surface area contributed by atoms with E-state index in [4.69, 9.17) is 0 Å². The molecule has 0 atom stereocenters. The average Bonchev–Trinajstić information content (AvgIpc) is 2.55. The first kappa shape index (κ1) is 17.1. The SMILES string of the molecule is CCCC1CCC(c2cc(F)c(-c3cccc(F)c3)c(F)c2)CC1. The smallest absolute Gasteiger partial charge is 0.134 e. The van der Waals surface area contributed by atoms with E-state index in [-0.39, 0.29) is 17.0 Å². The van der Waals surface area contributed by atoms with Crippen molar-refractivity contribution < 1.29 is 13.2 Å². The van der Waals surface area contributed by atoms with E-state index in [2.05, 4.69) is 6.92 Å². The lowest BCUT2D eigenvalue weighted by molar-refractivity contribution is 0.307. The highest BCUT2D eigenvalue weighted by molar-refractivity contribution is 5.65. The molecule has 0 aliphatic heterocycles. The fourth-order valence-electron chi connectivity index (χ4n) is 3.94. The van der Waals surface area contributed by atoms with E-state index in [1.165, 1.54) is 43.2 Å². The van der Waals surface area contributed by atoms with Crippen LogP contribution in [-0.2, 0) is 0 Å². The van der Waals surface area contributed by atoms with Gasteiger partial charge in [-0.15, -0.1) is 0 Å². The average molecular weight is 332 g/mol. The number of hydrogen-bond donors (Lipinski definition) is 0. The molecule has 0 N–H and O–H groups in total. The van der Waals surface area contributed by atoms with Crippen molar-refractivity contribution in [3.8, 4) is 11.1 Å². The fraction of sp³-hybridized carbons (Fsp3) is 0.429. The van der Waals surface area contributed by atoms with Crippen molar-refractivity contribution in [2.75, 3.05) is 0 Å². The lowest BCUT2D eigenvalue weighted by Crippen LogP contribution is -2.13. The molecular weight excluding hydrogens is 309 g/mol. The molecule has 0 unspecified atom stereocenters. The van der Waals surface area contributed by atoms with Gasteiger partial charge in [0.25, 0.3) is 0 Å². The van der Waals surface area contributed by atoms with Gasteiger partial charge in [0.05, 0.1) is 5.56 Å². The predicted molar refractivity (Wildman–Crippen MR) is 91.4 cm³/mol. The molecule has 1 aliphatic rings. The Bertz CT molecular complexity index is 677. The summed E-state index contributed by atoms with van der Waals surface area (Å²) < 4.78 is 42.4. The summed E-state index contributed by atoms with van der Waals surface area (Å²) in [5, 5.41) is 0. The molecule has 1 fully saturated rings. The fourth-order valence-corrected chi connectivity index (χ4v) is 3.94. The second kappa shape index (κ2) is 7.42. The first-order chi connectivity index (χ1) is 11.6.